The van der Waals surface area contributed by atoms with Crippen LogP contribution in [0.3, 0.4) is 0 Å². The van der Waals surface area contributed by atoms with Crippen molar-refractivity contribution >= 4 is 10.9 Å². The Morgan fingerprint density at radius 2 is 1.63 bits per heavy atom. The average molecular weight is 251 g/mol. The van der Waals surface area contributed by atoms with Gasteiger partial charge in [0.1, 0.15) is 5.75 Å². The van der Waals surface area contributed by atoms with Crippen molar-refractivity contribution in [2.45, 2.75) is 12.8 Å². The summed E-state index contributed by atoms with van der Waals surface area (Å²) in [5.74, 6) is 0.974. The van der Waals surface area contributed by atoms with Crippen LogP contribution >= 0.6 is 0 Å². The van der Waals surface area contributed by atoms with E-state index in [4.69, 9.17) is 4.74 Å². The van der Waals surface area contributed by atoms with Crippen LogP contribution in [0.1, 0.15) is 11.1 Å². The molecule has 1 aromatic heterocycles. The molecule has 1 N–H and O–H groups in total. The summed E-state index contributed by atoms with van der Waals surface area (Å²) < 4.78 is 5.39. The van der Waals surface area contributed by atoms with Gasteiger partial charge in [-0.05, 0) is 36.1 Å². The number of hydrogen-bond donors (Lipinski definition) is 1. The number of hydrogen-bond acceptors (Lipinski definition) is 1. The summed E-state index contributed by atoms with van der Waals surface area (Å²) in [6.07, 6.45) is 4.12. The molecule has 96 valence electrons. The molecule has 0 aliphatic rings. The first-order valence-electron chi connectivity index (χ1n) is 6.55. The molecule has 19 heavy (non-hydrogen) atoms. The summed E-state index contributed by atoms with van der Waals surface area (Å²) in [7, 11) is 1.73. The Labute approximate surface area is 113 Å². The maximum atomic E-state index is 5.39. The monoisotopic (exact) mass is 251 g/mol. The number of rotatable bonds is 4. The summed E-state index contributed by atoms with van der Waals surface area (Å²) in [6, 6.07) is 16.6. The van der Waals surface area contributed by atoms with Crippen LogP contribution in [0.2, 0.25) is 0 Å². The first kappa shape index (κ1) is 11.8. The zero-order chi connectivity index (χ0) is 13.1. The number of H-pyrrole nitrogens is 1. The Morgan fingerprint density at radius 1 is 0.895 bits per heavy atom. The smallest absolute Gasteiger partial charge is 0.122 e. The van der Waals surface area contributed by atoms with E-state index in [9.17, 15) is 0 Å². The average Bonchev–Trinajstić information content (AvgIpc) is 2.89. The van der Waals surface area contributed by atoms with Gasteiger partial charge in [-0.1, -0.05) is 36.4 Å². The predicted molar refractivity (Wildman–Crippen MR) is 78.7 cm³/mol. The molecule has 0 saturated heterocycles. The molecule has 3 rings (SSSR count). The molecule has 0 atom stereocenters. The standard InChI is InChI=1S/C17H17NO/c1-19-17-9-5-2-6-13(17)10-11-14-12-18-16-8-4-3-7-15(14)16/h2-9,12,18H,10-11H2,1H3. The third-order valence-electron chi connectivity index (χ3n) is 3.53. The number of para-hydroxylation sites is 2. The Balaban J connectivity index is 1.82. The minimum absolute atomic E-state index is 0.974. The van der Waals surface area contributed by atoms with E-state index in [0.717, 1.165) is 18.6 Å². The van der Waals surface area contributed by atoms with Crippen LogP contribution in [0.15, 0.2) is 54.7 Å². The number of benzene rings is 2. The molecule has 2 nitrogen and oxygen atoms in total. The molecular weight excluding hydrogens is 234 g/mol. The molecule has 0 saturated carbocycles. The first-order chi connectivity index (χ1) is 9.38. The first-order valence-corrected chi connectivity index (χ1v) is 6.55. The van der Waals surface area contributed by atoms with E-state index in [1.54, 1.807) is 7.11 Å². The predicted octanol–water partition coefficient (Wildman–Crippen LogP) is 3.96. The largest absolute Gasteiger partial charge is 0.496 e. The number of fused-ring (bicyclic) bond motifs is 1. The van der Waals surface area contributed by atoms with Gasteiger partial charge in [-0.15, -0.1) is 0 Å². The van der Waals surface area contributed by atoms with Crippen molar-refractivity contribution in [3.05, 3.63) is 65.9 Å². The number of aromatic nitrogens is 1. The molecule has 0 bridgehead atoms. The number of aryl methyl sites for hydroxylation is 2. The number of ether oxygens (including phenoxy) is 1. The topological polar surface area (TPSA) is 25.0 Å². The lowest BCUT2D eigenvalue weighted by Gasteiger charge is -2.07. The van der Waals surface area contributed by atoms with Gasteiger partial charge in [0.15, 0.2) is 0 Å². The van der Waals surface area contributed by atoms with Crippen LogP contribution in [-0.2, 0) is 12.8 Å². The molecule has 2 aromatic carbocycles. The van der Waals surface area contributed by atoms with Gasteiger partial charge < -0.3 is 9.72 Å². The van der Waals surface area contributed by atoms with Crippen molar-refractivity contribution in [1.29, 1.82) is 0 Å². The minimum Gasteiger partial charge on any atom is -0.496 e. The third kappa shape index (κ3) is 2.34. The lowest BCUT2D eigenvalue weighted by molar-refractivity contribution is 0.409. The van der Waals surface area contributed by atoms with Crippen molar-refractivity contribution in [3.63, 3.8) is 0 Å². The van der Waals surface area contributed by atoms with Crippen LogP contribution in [-0.4, -0.2) is 12.1 Å². The maximum absolute atomic E-state index is 5.39. The number of methoxy groups -OCH3 is 1. The summed E-state index contributed by atoms with van der Waals surface area (Å²) in [5, 5.41) is 1.32. The van der Waals surface area contributed by atoms with Gasteiger partial charge in [0, 0.05) is 17.1 Å². The molecule has 0 fully saturated rings. The highest BCUT2D eigenvalue weighted by molar-refractivity contribution is 5.83. The van der Waals surface area contributed by atoms with E-state index < -0.39 is 0 Å². The molecule has 3 aromatic rings. The maximum Gasteiger partial charge on any atom is 0.122 e. The van der Waals surface area contributed by atoms with Crippen LogP contribution < -0.4 is 4.74 Å². The van der Waals surface area contributed by atoms with Gasteiger partial charge in [0.25, 0.3) is 0 Å². The molecule has 0 aliphatic carbocycles. The van der Waals surface area contributed by atoms with E-state index in [0.29, 0.717) is 0 Å². The Morgan fingerprint density at radius 3 is 2.53 bits per heavy atom. The lowest BCUT2D eigenvalue weighted by atomic mass is 10.0. The van der Waals surface area contributed by atoms with E-state index in [1.165, 1.54) is 22.0 Å². The van der Waals surface area contributed by atoms with Gasteiger partial charge in [-0.2, -0.15) is 0 Å². The van der Waals surface area contributed by atoms with Gasteiger partial charge in [-0.3, -0.25) is 0 Å². The summed E-state index contributed by atoms with van der Waals surface area (Å²) in [4.78, 5) is 3.32. The third-order valence-corrected chi connectivity index (χ3v) is 3.53. The quantitative estimate of drug-likeness (QED) is 0.746. The fourth-order valence-corrected chi connectivity index (χ4v) is 2.52. The van der Waals surface area contributed by atoms with Gasteiger partial charge in [0.2, 0.25) is 0 Å². The van der Waals surface area contributed by atoms with Gasteiger partial charge in [0.05, 0.1) is 7.11 Å². The van der Waals surface area contributed by atoms with E-state index in [2.05, 4.69) is 47.6 Å². The Bertz CT molecular complexity index is 684. The Kier molecular flexibility index (Phi) is 3.23. The van der Waals surface area contributed by atoms with Crippen molar-refractivity contribution in [2.24, 2.45) is 0 Å². The molecule has 0 spiro atoms. The lowest BCUT2D eigenvalue weighted by Crippen LogP contribution is -1.94. The normalized spacial score (nSPS) is 10.8. The highest BCUT2D eigenvalue weighted by atomic mass is 16.5. The van der Waals surface area contributed by atoms with E-state index in [1.807, 2.05) is 12.1 Å². The van der Waals surface area contributed by atoms with Crippen LogP contribution in [0.25, 0.3) is 10.9 Å². The summed E-state index contributed by atoms with van der Waals surface area (Å²) in [6.45, 7) is 0. The Hall–Kier alpha value is -2.22. The SMILES string of the molecule is COc1ccccc1CCc1c[nH]c2ccccc12. The van der Waals surface area contributed by atoms with Gasteiger partial charge >= 0.3 is 0 Å². The van der Waals surface area contributed by atoms with Crippen molar-refractivity contribution in [3.8, 4) is 5.75 Å². The van der Waals surface area contributed by atoms with Crippen molar-refractivity contribution in [2.75, 3.05) is 7.11 Å². The number of aromatic amines is 1. The zero-order valence-corrected chi connectivity index (χ0v) is 11.0. The highest BCUT2D eigenvalue weighted by Gasteiger charge is 2.05. The molecule has 0 radical (unpaired) electrons. The molecule has 0 unspecified atom stereocenters. The fourth-order valence-electron chi connectivity index (χ4n) is 2.52. The second kappa shape index (κ2) is 5.19. The van der Waals surface area contributed by atoms with E-state index >= 15 is 0 Å². The fraction of sp³-hybridized carbons (Fsp3) is 0.176. The van der Waals surface area contributed by atoms with Crippen LogP contribution in [0, 0.1) is 0 Å². The number of nitrogens with one attached hydrogen (secondary N) is 1. The van der Waals surface area contributed by atoms with Crippen LogP contribution in [0.5, 0.6) is 5.75 Å². The van der Waals surface area contributed by atoms with Gasteiger partial charge in [-0.25, -0.2) is 0 Å². The summed E-state index contributed by atoms with van der Waals surface area (Å²) >= 11 is 0. The minimum atomic E-state index is 0.974. The molecular formula is C17H17NO. The second-order valence-electron chi connectivity index (χ2n) is 4.67. The second-order valence-corrected chi connectivity index (χ2v) is 4.67. The van der Waals surface area contributed by atoms with E-state index in [-0.39, 0.29) is 0 Å². The summed E-state index contributed by atoms with van der Waals surface area (Å²) in [5.41, 5.74) is 3.83. The molecule has 0 amide bonds. The molecule has 0 aliphatic heterocycles. The molecule has 2 heteroatoms. The zero-order valence-electron chi connectivity index (χ0n) is 11.0. The van der Waals surface area contributed by atoms with Crippen molar-refractivity contribution in [1.82, 2.24) is 4.98 Å². The van der Waals surface area contributed by atoms with Crippen molar-refractivity contribution < 1.29 is 4.74 Å². The highest BCUT2D eigenvalue weighted by Crippen LogP contribution is 2.23. The molecule has 1 heterocycles. The van der Waals surface area contributed by atoms with Crippen LogP contribution in [0.4, 0.5) is 0 Å².